The molecule has 4 aliphatic rings. The van der Waals surface area contributed by atoms with Crippen molar-refractivity contribution in [1.82, 2.24) is 0 Å². The second kappa shape index (κ2) is 9.53. The fraction of sp³-hybridized carbons (Fsp3) is 0.897. The third kappa shape index (κ3) is 4.26. The molecule has 8 atom stereocenters. The highest BCUT2D eigenvalue weighted by Crippen LogP contribution is 2.66. The van der Waals surface area contributed by atoms with E-state index in [1.54, 1.807) is 0 Å². The van der Waals surface area contributed by atoms with E-state index in [2.05, 4.69) is 40.7 Å². The Morgan fingerprint density at radius 1 is 1.06 bits per heavy atom. The Hall–Kier alpha value is -0.670. The fourth-order valence-electron chi connectivity index (χ4n) is 8.75. The number of hydrogen-bond donors (Lipinski definition) is 1. The van der Waals surface area contributed by atoms with Gasteiger partial charge in [-0.3, -0.25) is 4.79 Å². The van der Waals surface area contributed by atoms with Crippen LogP contribution in [-0.2, 0) is 9.53 Å². The van der Waals surface area contributed by atoms with Crippen molar-refractivity contribution >= 4 is 5.78 Å². The van der Waals surface area contributed by atoms with Crippen molar-refractivity contribution in [3.05, 3.63) is 11.6 Å². The second-order valence-corrected chi connectivity index (χ2v) is 12.7. The molecule has 3 fully saturated rings. The zero-order chi connectivity index (χ0) is 23.1. The molecule has 0 radical (unpaired) electrons. The molecule has 0 amide bonds. The first-order valence-corrected chi connectivity index (χ1v) is 13.7. The zero-order valence-corrected chi connectivity index (χ0v) is 21.4. The van der Waals surface area contributed by atoms with Gasteiger partial charge in [-0.1, -0.05) is 59.5 Å². The second-order valence-electron chi connectivity index (χ2n) is 12.7. The summed E-state index contributed by atoms with van der Waals surface area (Å²) in [4.78, 5) is 13.6. The van der Waals surface area contributed by atoms with E-state index in [1.807, 2.05) is 0 Å². The normalized spacial score (nSPS) is 42.3. The summed E-state index contributed by atoms with van der Waals surface area (Å²) in [6, 6.07) is 0. The van der Waals surface area contributed by atoms with E-state index in [9.17, 15) is 4.79 Å². The van der Waals surface area contributed by atoms with E-state index < -0.39 is 0 Å². The molecule has 4 aliphatic carbocycles. The van der Waals surface area contributed by atoms with Crippen molar-refractivity contribution in [2.75, 3.05) is 13.2 Å². The highest BCUT2D eigenvalue weighted by Gasteiger charge is 2.61. The molecule has 0 aromatic heterocycles. The number of fused-ring (bicyclic) bond motifs is 5. The van der Waals surface area contributed by atoms with Gasteiger partial charge in [0.25, 0.3) is 0 Å². The van der Waals surface area contributed by atoms with E-state index in [4.69, 9.17) is 9.84 Å². The predicted octanol–water partition coefficient (Wildman–Crippen LogP) is 6.58. The molecule has 3 saturated carbocycles. The van der Waals surface area contributed by atoms with Crippen molar-refractivity contribution in [3.63, 3.8) is 0 Å². The van der Waals surface area contributed by atoms with Crippen LogP contribution in [0.25, 0.3) is 0 Å². The summed E-state index contributed by atoms with van der Waals surface area (Å²) < 4.78 is 5.87. The number of aliphatic hydroxyl groups excluding tert-OH is 1. The Labute approximate surface area is 196 Å². The van der Waals surface area contributed by atoms with Gasteiger partial charge in [0.2, 0.25) is 0 Å². The molecular formula is C29H48O3. The summed E-state index contributed by atoms with van der Waals surface area (Å²) in [5, 5.41) is 9.13. The quantitative estimate of drug-likeness (QED) is 0.460. The van der Waals surface area contributed by atoms with Gasteiger partial charge in [0, 0.05) is 5.92 Å². The van der Waals surface area contributed by atoms with Gasteiger partial charge >= 0.3 is 0 Å². The molecule has 182 valence electrons. The van der Waals surface area contributed by atoms with Crippen LogP contribution in [0.3, 0.4) is 0 Å². The summed E-state index contributed by atoms with van der Waals surface area (Å²) in [6.07, 6.45) is 14.4. The van der Waals surface area contributed by atoms with Gasteiger partial charge in [-0.2, -0.15) is 0 Å². The molecule has 0 heterocycles. The van der Waals surface area contributed by atoms with E-state index in [0.29, 0.717) is 29.6 Å². The largest absolute Gasteiger partial charge is 0.394 e. The molecule has 3 heteroatoms. The lowest BCUT2D eigenvalue weighted by atomic mass is 9.46. The topological polar surface area (TPSA) is 46.5 Å². The molecule has 4 rings (SSSR count). The maximum atomic E-state index is 13.6. The number of hydrogen-bond acceptors (Lipinski definition) is 3. The van der Waals surface area contributed by atoms with E-state index in [-0.39, 0.29) is 24.0 Å². The van der Waals surface area contributed by atoms with Crippen LogP contribution in [0.15, 0.2) is 11.6 Å². The van der Waals surface area contributed by atoms with Crippen molar-refractivity contribution in [3.8, 4) is 0 Å². The molecule has 0 spiro atoms. The maximum Gasteiger partial charge on any atom is 0.159 e. The van der Waals surface area contributed by atoms with Crippen LogP contribution >= 0.6 is 0 Å². The minimum absolute atomic E-state index is 0.0772. The van der Waals surface area contributed by atoms with E-state index in [1.165, 1.54) is 50.5 Å². The standard InChI is InChI=1S/C29H48O3/c1-19(2)7-6-8-20(3)23-9-10-24-27-25(12-14-29(23,24)5)28(4)13-11-22(32-16-15-30)17-21(28)18-26(27)31/h18-20,22-25,27,30H,6-17H2,1-5H3/t20-,22+,23-,24+,25+,27+,28+,29-/m1/s1. The Kier molecular flexibility index (Phi) is 7.28. The number of carbonyl (C=O) groups excluding carboxylic acids is 1. The monoisotopic (exact) mass is 444 g/mol. The van der Waals surface area contributed by atoms with E-state index >= 15 is 0 Å². The molecule has 0 aliphatic heterocycles. The lowest BCUT2D eigenvalue weighted by Crippen LogP contribution is -2.53. The number of rotatable bonds is 8. The van der Waals surface area contributed by atoms with Crippen molar-refractivity contribution in [1.29, 1.82) is 0 Å². The summed E-state index contributed by atoms with van der Waals surface area (Å²) in [5.41, 5.74) is 1.86. The predicted molar refractivity (Wildman–Crippen MR) is 130 cm³/mol. The Morgan fingerprint density at radius 2 is 1.84 bits per heavy atom. The van der Waals surface area contributed by atoms with Crippen LogP contribution < -0.4 is 0 Å². The van der Waals surface area contributed by atoms with Gasteiger partial charge in [-0.15, -0.1) is 0 Å². The number of ketones is 1. The molecule has 0 bridgehead atoms. The van der Waals surface area contributed by atoms with Crippen LogP contribution in [0.1, 0.15) is 98.8 Å². The third-order valence-electron chi connectivity index (χ3n) is 10.5. The van der Waals surface area contributed by atoms with Gasteiger partial charge in [0.1, 0.15) is 0 Å². The average Bonchev–Trinajstić information content (AvgIpc) is 3.10. The van der Waals surface area contributed by atoms with Crippen LogP contribution in [0, 0.1) is 46.3 Å². The average molecular weight is 445 g/mol. The minimum atomic E-state index is 0.0772. The molecule has 0 saturated heterocycles. The lowest BCUT2D eigenvalue weighted by Gasteiger charge is -2.57. The van der Waals surface area contributed by atoms with Crippen LogP contribution in [-0.4, -0.2) is 30.2 Å². The fourth-order valence-corrected chi connectivity index (χ4v) is 8.75. The Bertz CT molecular complexity index is 711. The van der Waals surface area contributed by atoms with Gasteiger partial charge in [0.05, 0.1) is 19.3 Å². The summed E-state index contributed by atoms with van der Waals surface area (Å²) in [5.74, 6) is 4.12. The third-order valence-corrected chi connectivity index (χ3v) is 10.5. The van der Waals surface area contributed by atoms with Crippen LogP contribution in [0.5, 0.6) is 0 Å². The van der Waals surface area contributed by atoms with Crippen molar-refractivity contribution in [2.24, 2.45) is 46.3 Å². The summed E-state index contributed by atoms with van der Waals surface area (Å²) in [7, 11) is 0. The van der Waals surface area contributed by atoms with Gasteiger partial charge in [-0.05, 0) is 91.4 Å². The van der Waals surface area contributed by atoms with Gasteiger partial charge < -0.3 is 9.84 Å². The number of ether oxygens (including phenoxy) is 1. The maximum absolute atomic E-state index is 13.6. The first kappa shape index (κ1) is 24.5. The molecule has 0 unspecified atom stereocenters. The minimum Gasteiger partial charge on any atom is -0.394 e. The number of aliphatic hydroxyl groups is 1. The van der Waals surface area contributed by atoms with Crippen LogP contribution in [0.2, 0.25) is 0 Å². The molecule has 0 aromatic carbocycles. The molecule has 3 nitrogen and oxygen atoms in total. The number of carbonyl (C=O) groups is 1. The summed E-state index contributed by atoms with van der Waals surface area (Å²) >= 11 is 0. The van der Waals surface area contributed by atoms with Crippen molar-refractivity contribution < 1.29 is 14.6 Å². The Morgan fingerprint density at radius 3 is 2.56 bits per heavy atom. The first-order chi connectivity index (χ1) is 15.2. The smallest absolute Gasteiger partial charge is 0.159 e. The van der Waals surface area contributed by atoms with Crippen LogP contribution in [0.4, 0.5) is 0 Å². The first-order valence-electron chi connectivity index (χ1n) is 13.7. The highest BCUT2D eigenvalue weighted by molar-refractivity contribution is 5.94. The summed E-state index contributed by atoms with van der Waals surface area (Å²) in [6.45, 7) is 12.7. The molecule has 1 N–H and O–H groups in total. The number of allylic oxidation sites excluding steroid dienone is 1. The highest BCUT2D eigenvalue weighted by atomic mass is 16.5. The van der Waals surface area contributed by atoms with E-state index in [0.717, 1.165) is 37.0 Å². The van der Waals surface area contributed by atoms with Crippen molar-refractivity contribution in [2.45, 2.75) is 105 Å². The lowest BCUT2D eigenvalue weighted by molar-refractivity contribution is -0.135. The molecule has 0 aromatic rings. The van der Waals surface area contributed by atoms with Gasteiger partial charge in [-0.25, -0.2) is 0 Å². The molecular weight excluding hydrogens is 396 g/mol. The van der Waals surface area contributed by atoms with Gasteiger partial charge in [0.15, 0.2) is 5.78 Å². The molecule has 32 heavy (non-hydrogen) atoms. The SMILES string of the molecule is CC(C)CCC[C@@H](C)[C@H]1CC[C@H]2[C@@H]3C(=O)C=C4C[C@@H](OCCO)CC[C@]4(C)[C@H]3CC[C@]12C. The Balaban J connectivity index is 1.50. The zero-order valence-electron chi connectivity index (χ0n) is 21.4.